The summed E-state index contributed by atoms with van der Waals surface area (Å²) >= 11 is 0. The first-order chi connectivity index (χ1) is 23.8. The maximum atomic E-state index is 6.58. The Hall–Kier alpha value is -6.52. The minimum atomic E-state index is 0.676. The van der Waals surface area contributed by atoms with Crippen LogP contribution in [-0.4, -0.2) is 14.5 Å². The molecule has 0 fully saturated rings. The van der Waals surface area contributed by atoms with Crippen LogP contribution in [0.4, 0.5) is 0 Å². The van der Waals surface area contributed by atoms with Gasteiger partial charge < -0.3 is 8.98 Å². The first kappa shape index (κ1) is 26.7. The molecule has 4 nitrogen and oxygen atoms in total. The summed E-state index contributed by atoms with van der Waals surface area (Å²) in [4.78, 5) is 10.2. The monoisotopic (exact) mass is 613 g/mol. The Bertz CT molecular complexity index is 2780. The van der Waals surface area contributed by atoms with Gasteiger partial charge in [-0.15, -0.1) is 0 Å². The van der Waals surface area contributed by atoms with Crippen LogP contribution < -0.4 is 0 Å². The van der Waals surface area contributed by atoms with Gasteiger partial charge in [0.05, 0.1) is 16.4 Å². The number of rotatable bonds is 4. The SMILES string of the molecule is c1ccc(-c2nc(-c3ccccc3)c3oc4cccc(-c5ccc6cc(-n7c8ccccc8c8ccccc87)ccc6c5)c4c3n2)cc1. The molecule has 3 aromatic heterocycles. The minimum Gasteiger partial charge on any atom is -0.452 e. The van der Waals surface area contributed by atoms with Gasteiger partial charge in [-0.05, 0) is 58.3 Å². The third-order valence-corrected chi connectivity index (χ3v) is 9.39. The van der Waals surface area contributed by atoms with E-state index in [1.54, 1.807) is 0 Å². The second-order valence-electron chi connectivity index (χ2n) is 12.2. The van der Waals surface area contributed by atoms with E-state index in [2.05, 4.69) is 126 Å². The standard InChI is InChI=1S/C44H27N3O/c1-3-12-28(13-4-1)41-43-42(46-44(45-41)29-14-5-2-6-15-29)40-34(18-11-21-39(40)48-43)32-23-22-31-27-33(25-24-30(31)26-32)47-37-19-9-7-16-35(37)36-17-8-10-20-38(36)47/h1-27H. The molecule has 10 aromatic rings. The topological polar surface area (TPSA) is 43.9 Å². The van der Waals surface area contributed by atoms with Gasteiger partial charge in [0.25, 0.3) is 0 Å². The van der Waals surface area contributed by atoms with Crippen LogP contribution in [0.1, 0.15) is 0 Å². The van der Waals surface area contributed by atoms with Crippen LogP contribution in [0.2, 0.25) is 0 Å². The molecule has 0 N–H and O–H groups in total. The smallest absolute Gasteiger partial charge is 0.180 e. The molecule has 3 heterocycles. The van der Waals surface area contributed by atoms with Crippen molar-refractivity contribution in [2.24, 2.45) is 0 Å². The van der Waals surface area contributed by atoms with Crippen molar-refractivity contribution < 1.29 is 4.42 Å². The van der Waals surface area contributed by atoms with E-state index >= 15 is 0 Å². The van der Waals surface area contributed by atoms with E-state index in [1.165, 1.54) is 32.6 Å². The van der Waals surface area contributed by atoms with Gasteiger partial charge in [-0.3, -0.25) is 0 Å². The van der Waals surface area contributed by atoms with Gasteiger partial charge in [-0.25, -0.2) is 9.97 Å². The number of hydrogen-bond acceptors (Lipinski definition) is 3. The van der Waals surface area contributed by atoms with Gasteiger partial charge in [0, 0.05) is 27.6 Å². The van der Waals surface area contributed by atoms with E-state index in [1.807, 2.05) is 42.5 Å². The Kier molecular flexibility index (Phi) is 5.84. The molecule has 0 saturated heterocycles. The van der Waals surface area contributed by atoms with Gasteiger partial charge in [0.1, 0.15) is 16.8 Å². The molecule has 0 saturated carbocycles. The Morgan fingerprint density at radius 3 is 1.88 bits per heavy atom. The predicted molar refractivity (Wildman–Crippen MR) is 197 cm³/mol. The summed E-state index contributed by atoms with van der Waals surface area (Å²) in [5.74, 6) is 0.676. The molecule has 48 heavy (non-hydrogen) atoms. The fourth-order valence-electron chi connectivity index (χ4n) is 7.18. The Balaban J connectivity index is 1.16. The molecular formula is C44H27N3O. The summed E-state index contributed by atoms with van der Waals surface area (Å²) in [6, 6.07) is 57.3. The van der Waals surface area contributed by atoms with Crippen molar-refractivity contribution >= 4 is 54.6 Å². The van der Waals surface area contributed by atoms with E-state index in [-0.39, 0.29) is 0 Å². The van der Waals surface area contributed by atoms with E-state index < -0.39 is 0 Å². The number of nitrogens with zero attached hydrogens (tertiary/aromatic N) is 3. The molecule has 7 aromatic carbocycles. The lowest BCUT2D eigenvalue weighted by atomic mass is 9.97. The van der Waals surface area contributed by atoms with Gasteiger partial charge >= 0.3 is 0 Å². The van der Waals surface area contributed by atoms with Crippen LogP contribution in [0.15, 0.2) is 168 Å². The Labute approximate surface area is 276 Å². The lowest BCUT2D eigenvalue weighted by Crippen LogP contribution is -1.94. The van der Waals surface area contributed by atoms with E-state index in [0.717, 1.165) is 50.1 Å². The second-order valence-corrected chi connectivity index (χ2v) is 12.2. The van der Waals surface area contributed by atoms with Crippen LogP contribution in [-0.2, 0) is 0 Å². The summed E-state index contributed by atoms with van der Waals surface area (Å²) in [6.45, 7) is 0. The van der Waals surface area contributed by atoms with Crippen LogP contribution in [0.25, 0.3) is 94.1 Å². The zero-order chi connectivity index (χ0) is 31.6. The summed E-state index contributed by atoms with van der Waals surface area (Å²) in [7, 11) is 0. The highest BCUT2D eigenvalue weighted by Gasteiger charge is 2.21. The molecule has 0 aliphatic heterocycles. The highest BCUT2D eigenvalue weighted by molar-refractivity contribution is 6.14. The minimum absolute atomic E-state index is 0.676. The molecule has 0 unspecified atom stereocenters. The largest absolute Gasteiger partial charge is 0.452 e. The lowest BCUT2D eigenvalue weighted by molar-refractivity contribution is 0.667. The first-order valence-electron chi connectivity index (χ1n) is 16.2. The summed E-state index contributed by atoms with van der Waals surface area (Å²) < 4.78 is 8.94. The molecule has 0 aliphatic rings. The quantitative estimate of drug-likeness (QED) is 0.198. The van der Waals surface area contributed by atoms with E-state index in [9.17, 15) is 0 Å². The predicted octanol–water partition coefficient (Wildman–Crippen LogP) is 11.6. The van der Waals surface area contributed by atoms with Crippen molar-refractivity contribution in [3.8, 4) is 39.5 Å². The van der Waals surface area contributed by atoms with Crippen molar-refractivity contribution in [2.75, 3.05) is 0 Å². The first-order valence-corrected chi connectivity index (χ1v) is 16.2. The molecule has 224 valence electrons. The number of para-hydroxylation sites is 2. The van der Waals surface area contributed by atoms with Gasteiger partial charge in [0.15, 0.2) is 11.4 Å². The van der Waals surface area contributed by atoms with Crippen LogP contribution in [0.3, 0.4) is 0 Å². The third kappa shape index (κ3) is 4.10. The second kappa shape index (κ2) is 10.5. The zero-order valence-electron chi connectivity index (χ0n) is 25.8. The molecule has 0 spiro atoms. The van der Waals surface area contributed by atoms with E-state index in [4.69, 9.17) is 14.4 Å². The van der Waals surface area contributed by atoms with Crippen LogP contribution in [0.5, 0.6) is 0 Å². The number of aromatic nitrogens is 3. The molecule has 0 bridgehead atoms. The number of hydrogen-bond donors (Lipinski definition) is 0. The molecule has 4 heteroatoms. The van der Waals surface area contributed by atoms with Crippen molar-refractivity contribution in [1.29, 1.82) is 0 Å². The van der Waals surface area contributed by atoms with Crippen LogP contribution in [0, 0.1) is 0 Å². The van der Waals surface area contributed by atoms with Crippen molar-refractivity contribution in [1.82, 2.24) is 14.5 Å². The Morgan fingerprint density at radius 1 is 0.479 bits per heavy atom. The average molecular weight is 614 g/mol. The zero-order valence-corrected chi connectivity index (χ0v) is 25.8. The molecule has 0 aliphatic carbocycles. The number of furan rings is 1. The average Bonchev–Trinajstić information content (AvgIpc) is 3.71. The Morgan fingerprint density at radius 2 is 1.12 bits per heavy atom. The van der Waals surface area contributed by atoms with Gasteiger partial charge in [-0.2, -0.15) is 0 Å². The molecule has 0 amide bonds. The third-order valence-electron chi connectivity index (χ3n) is 9.39. The summed E-state index contributed by atoms with van der Waals surface area (Å²) in [5, 5.41) is 5.87. The summed E-state index contributed by atoms with van der Waals surface area (Å²) in [6.07, 6.45) is 0. The number of benzene rings is 7. The molecule has 10 rings (SSSR count). The summed E-state index contributed by atoms with van der Waals surface area (Å²) in [5.41, 5.74) is 10.8. The van der Waals surface area contributed by atoms with E-state index in [0.29, 0.717) is 11.4 Å². The van der Waals surface area contributed by atoms with Crippen molar-refractivity contribution in [3.05, 3.63) is 164 Å². The molecule has 0 atom stereocenters. The maximum absolute atomic E-state index is 6.58. The van der Waals surface area contributed by atoms with Crippen molar-refractivity contribution in [3.63, 3.8) is 0 Å². The van der Waals surface area contributed by atoms with Gasteiger partial charge in [-0.1, -0.05) is 127 Å². The highest BCUT2D eigenvalue weighted by atomic mass is 16.3. The fraction of sp³-hybridized carbons (Fsp3) is 0. The number of fused-ring (bicyclic) bond motifs is 7. The van der Waals surface area contributed by atoms with Crippen molar-refractivity contribution in [2.45, 2.75) is 0 Å². The highest BCUT2D eigenvalue weighted by Crippen LogP contribution is 2.41. The maximum Gasteiger partial charge on any atom is 0.180 e. The fourth-order valence-corrected chi connectivity index (χ4v) is 7.18. The lowest BCUT2D eigenvalue weighted by Gasteiger charge is -2.11. The van der Waals surface area contributed by atoms with Crippen LogP contribution >= 0.6 is 0 Å². The normalized spacial score (nSPS) is 11.8. The molecule has 0 radical (unpaired) electrons. The van der Waals surface area contributed by atoms with Gasteiger partial charge in [0.2, 0.25) is 0 Å². The molecular weight excluding hydrogens is 587 g/mol.